The van der Waals surface area contributed by atoms with E-state index in [1.54, 1.807) is 0 Å². The molecule has 82 valence electrons. The molecule has 2 rings (SSSR count). The van der Waals surface area contributed by atoms with Gasteiger partial charge in [-0.2, -0.15) is 11.8 Å². The van der Waals surface area contributed by atoms with Gasteiger partial charge >= 0.3 is 0 Å². The molecule has 0 spiro atoms. The predicted molar refractivity (Wildman–Crippen MR) is 63.7 cm³/mol. The van der Waals surface area contributed by atoms with Gasteiger partial charge in [0.2, 0.25) is 0 Å². The van der Waals surface area contributed by atoms with E-state index >= 15 is 0 Å². The van der Waals surface area contributed by atoms with Crippen LogP contribution in [-0.4, -0.2) is 17.5 Å². The number of thioether (sulfide) groups is 1. The fourth-order valence-corrected chi connectivity index (χ4v) is 3.03. The average molecular weight is 225 g/mol. The molecule has 0 saturated carbocycles. The van der Waals surface area contributed by atoms with Gasteiger partial charge in [-0.15, -0.1) is 0 Å². The third kappa shape index (κ3) is 2.95. The lowest BCUT2D eigenvalue weighted by Crippen LogP contribution is -2.31. The minimum absolute atomic E-state index is 0.164. The molecule has 0 aliphatic carbocycles. The summed E-state index contributed by atoms with van der Waals surface area (Å²) in [5, 5.41) is 3.57. The molecule has 1 nitrogen and oxygen atoms in total. The second-order valence-corrected chi connectivity index (χ2v) is 5.15. The summed E-state index contributed by atoms with van der Waals surface area (Å²) >= 11 is 2.00. The Balaban J connectivity index is 1.94. The van der Waals surface area contributed by atoms with Gasteiger partial charge in [-0.05, 0) is 36.8 Å². The largest absolute Gasteiger partial charge is 0.307 e. The van der Waals surface area contributed by atoms with Gasteiger partial charge in [0.1, 0.15) is 5.82 Å². The molecule has 1 fully saturated rings. The number of benzene rings is 1. The van der Waals surface area contributed by atoms with Gasteiger partial charge < -0.3 is 5.32 Å². The Morgan fingerprint density at radius 2 is 2.13 bits per heavy atom. The maximum absolute atomic E-state index is 12.7. The smallest absolute Gasteiger partial charge is 0.123 e. The maximum Gasteiger partial charge on any atom is 0.123 e. The van der Waals surface area contributed by atoms with Crippen molar-refractivity contribution in [1.29, 1.82) is 0 Å². The zero-order valence-corrected chi connectivity index (χ0v) is 9.69. The number of hydrogen-bond donors (Lipinski definition) is 1. The Morgan fingerprint density at radius 1 is 1.40 bits per heavy atom. The van der Waals surface area contributed by atoms with Gasteiger partial charge in [0.25, 0.3) is 0 Å². The highest BCUT2D eigenvalue weighted by atomic mass is 32.2. The van der Waals surface area contributed by atoms with Crippen LogP contribution in [0.1, 0.15) is 24.9 Å². The minimum Gasteiger partial charge on any atom is -0.307 e. The van der Waals surface area contributed by atoms with Crippen molar-refractivity contribution in [2.24, 2.45) is 0 Å². The fourth-order valence-electron chi connectivity index (χ4n) is 1.87. The van der Waals surface area contributed by atoms with Crippen LogP contribution in [0.5, 0.6) is 0 Å². The lowest BCUT2D eigenvalue weighted by atomic mass is 10.1. The molecule has 0 bridgehead atoms. The maximum atomic E-state index is 12.7. The van der Waals surface area contributed by atoms with Crippen molar-refractivity contribution < 1.29 is 4.39 Å². The topological polar surface area (TPSA) is 12.0 Å². The summed E-state index contributed by atoms with van der Waals surface area (Å²) in [6, 6.07) is 7.70. The van der Waals surface area contributed by atoms with Crippen molar-refractivity contribution >= 4 is 11.8 Å². The van der Waals surface area contributed by atoms with Crippen LogP contribution in [0.4, 0.5) is 4.39 Å². The van der Waals surface area contributed by atoms with Crippen molar-refractivity contribution in [2.75, 3.05) is 11.5 Å². The van der Waals surface area contributed by atoms with Gasteiger partial charge in [0.05, 0.1) is 0 Å². The first-order chi connectivity index (χ1) is 7.25. The Bertz CT molecular complexity index is 306. The third-order valence-electron chi connectivity index (χ3n) is 2.79. The number of hydrogen-bond acceptors (Lipinski definition) is 2. The monoisotopic (exact) mass is 225 g/mol. The van der Waals surface area contributed by atoms with E-state index in [4.69, 9.17) is 0 Å². The molecule has 2 atom stereocenters. The summed E-state index contributed by atoms with van der Waals surface area (Å²) in [6.45, 7) is 2.14. The van der Waals surface area contributed by atoms with E-state index in [1.807, 2.05) is 23.9 Å². The quantitative estimate of drug-likeness (QED) is 0.848. The number of nitrogens with one attached hydrogen (secondary N) is 1. The van der Waals surface area contributed by atoms with E-state index in [0.717, 1.165) is 5.56 Å². The lowest BCUT2D eigenvalue weighted by molar-refractivity contribution is 0.485. The van der Waals surface area contributed by atoms with Gasteiger partial charge in [-0.25, -0.2) is 4.39 Å². The summed E-state index contributed by atoms with van der Waals surface area (Å²) in [5.41, 5.74) is 1.16. The van der Waals surface area contributed by atoms with Crippen LogP contribution in [0.2, 0.25) is 0 Å². The molecular weight excluding hydrogens is 209 g/mol. The summed E-state index contributed by atoms with van der Waals surface area (Å²) in [5.74, 6) is 2.29. The molecule has 0 aromatic heterocycles. The van der Waals surface area contributed by atoms with Crippen LogP contribution in [-0.2, 0) is 0 Å². The van der Waals surface area contributed by atoms with Crippen molar-refractivity contribution in [3.05, 3.63) is 35.6 Å². The zero-order valence-electron chi connectivity index (χ0n) is 8.87. The van der Waals surface area contributed by atoms with E-state index in [0.29, 0.717) is 12.1 Å². The van der Waals surface area contributed by atoms with E-state index in [-0.39, 0.29) is 5.82 Å². The van der Waals surface area contributed by atoms with Gasteiger partial charge in [-0.3, -0.25) is 0 Å². The van der Waals surface area contributed by atoms with Crippen molar-refractivity contribution in [1.82, 2.24) is 5.32 Å². The Kier molecular flexibility index (Phi) is 3.65. The van der Waals surface area contributed by atoms with Crippen LogP contribution < -0.4 is 5.32 Å². The first-order valence-electron chi connectivity index (χ1n) is 5.35. The lowest BCUT2D eigenvalue weighted by Gasteiger charge is -2.19. The average Bonchev–Trinajstić information content (AvgIpc) is 2.71. The molecule has 1 saturated heterocycles. The molecule has 3 heteroatoms. The second kappa shape index (κ2) is 4.99. The van der Waals surface area contributed by atoms with Gasteiger partial charge in [0, 0.05) is 17.8 Å². The SMILES string of the molecule is C[C@H](NC1CCSC1)c1ccc(F)cc1. The molecule has 1 heterocycles. The van der Waals surface area contributed by atoms with Crippen LogP contribution in [0.25, 0.3) is 0 Å². The molecule has 15 heavy (non-hydrogen) atoms. The Morgan fingerprint density at radius 3 is 2.73 bits per heavy atom. The summed E-state index contributed by atoms with van der Waals surface area (Å²) in [6.07, 6.45) is 1.25. The van der Waals surface area contributed by atoms with E-state index in [9.17, 15) is 4.39 Å². The van der Waals surface area contributed by atoms with Crippen molar-refractivity contribution in [2.45, 2.75) is 25.4 Å². The number of halogens is 1. The number of rotatable bonds is 3. The molecule has 1 aliphatic heterocycles. The van der Waals surface area contributed by atoms with Crippen LogP contribution in [0, 0.1) is 5.82 Å². The molecule has 0 amide bonds. The normalized spacial score (nSPS) is 22.9. The molecule has 1 aliphatic rings. The molecule has 1 N–H and O–H groups in total. The highest BCUT2D eigenvalue weighted by molar-refractivity contribution is 7.99. The van der Waals surface area contributed by atoms with Gasteiger partial charge in [-0.1, -0.05) is 12.1 Å². The molecule has 1 aromatic carbocycles. The second-order valence-electron chi connectivity index (χ2n) is 4.00. The molecule has 1 unspecified atom stereocenters. The Labute approximate surface area is 94.5 Å². The summed E-state index contributed by atoms with van der Waals surface area (Å²) in [4.78, 5) is 0. The first-order valence-corrected chi connectivity index (χ1v) is 6.50. The first kappa shape index (κ1) is 11.0. The van der Waals surface area contributed by atoms with E-state index in [1.165, 1.54) is 30.1 Å². The Hall–Kier alpha value is -0.540. The van der Waals surface area contributed by atoms with E-state index < -0.39 is 0 Å². The molecule has 1 aromatic rings. The predicted octanol–water partition coefficient (Wildman–Crippen LogP) is 2.98. The highest BCUT2D eigenvalue weighted by Gasteiger charge is 2.17. The summed E-state index contributed by atoms with van der Waals surface area (Å²) < 4.78 is 12.7. The van der Waals surface area contributed by atoms with Gasteiger partial charge in [0.15, 0.2) is 0 Å². The molecular formula is C12H16FNS. The van der Waals surface area contributed by atoms with Crippen LogP contribution in [0.3, 0.4) is 0 Å². The van der Waals surface area contributed by atoms with Crippen molar-refractivity contribution in [3.63, 3.8) is 0 Å². The third-order valence-corrected chi connectivity index (χ3v) is 3.95. The van der Waals surface area contributed by atoms with Crippen LogP contribution >= 0.6 is 11.8 Å². The van der Waals surface area contributed by atoms with Crippen molar-refractivity contribution in [3.8, 4) is 0 Å². The van der Waals surface area contributed by atoms with E-state index in [2.05, 4.69) is 12.2 Å². The zero-order chi connectivity index (χ0) is 10.7. The minimum atomic E-state index is -0.164. The highest BCUT2D eigenvalue weighted by Crippen LogP contribution is 2.21. The molecule has 0 radical (unpaired) electrons. The van der Waals surface area contributed by atoms with Crippen LogP contribution in [0.15, 0.2) is 24.3 Å². The summed E-state index contributed by atoms with van der Waals surface area (Å²) in [7, 11) is 0. The standard InChI is InChI=1S/C12H16FNS/c1-9(14-12-6-7-15-8-12)10-2-4-11(13)5-3-10/h2-5,9,12,14H,6-8H2,1H3/t9-,12?/m0/s1. The fraction of sp³-hybridized carbons (Fsp3) is 0.500.